The van der Waals surface area contributed by atoms with Gasteiger partial charge in [-0.05, 0) is 60.7 Å². The average molecular weight is 827 g/mol. The molecule has 296 valence electrons. The standard InChI is InChI=1S/C55H34N6OS/c1-2-3-4-11-24-43-51-50(40-22-13-15-27-48(40)63-51)57-55(56-43)41-23-16-26-47-49(41)42-32-35(29-31-46(42)62-47)53-58-52(34-17-7-5-8-18-34)59-54(60-53)36-28-30-39-38-21-12-14-25-44(38)61(45(39)33-36)37-19-9-6-10-20-37/h2-33H,1H2/b4-3-,24-11+. The van der Waals surface area contributed by atoms with E-state index >= 15 is 0 Å². The minimum absolute atomic E-state index is 0.554. The van der Waals surface area contributed by atoms with Gasteiger partial charge in [0.25, 0.3) is 0 Å². The van der Waals surface area contributed by atoms with Gasteiger partial charge < -0.3 is 8.98 Å². The number of nitrogens with zero attached hydrogens (tertiary/aromatic N) is 6. The number of para-hydroxylation sites is 2. The maximum atomic E-state index is 6.53. The van der Waals surface area contributed by atoms with Gasteiger partial charge in [-0.25, -0.2) is 24.9 Å². The third-order valence-electron chi connectivity index (χ3n) is 11.5. The van der Waals surface area contributed by atoms with Crippen molar-refractivity contribution in [1.29, 1.82) is 0 Å². The molecule has 0 bridgehead atoms. The van der Waals surface area contributed by atoms with E-state index in [1.54, 1.807) is 17.4 Å². The molecule has 7 aromatic carbocycles. The molecule has 0 spiro atoms. The molecular weight excluding hydrogens is 793 g/mol. The van der Waals surface area contributed by atoms with E-state index in [0.717, 1.165) is 92.3 Å². The molecule has 0 saturated heterocycles. The quantitative estimate of drug-likeness (QED) is 0.142. The lowest BCUT2D eigenvalue weighted by Crippen LogP contribution is -2.00. The van der Waals surface area contributed by atoms with Crippen molar-refractivity contribution in [1.82, 2.24) is 29.5 Å². The number of hydrogen-bond donors (Lipinski definition) is 0. The lowest BCUT2D eigenvalue weighted by molar-refractivity contribution is 0.669. The van der Waals surface area contributed by atoms with Crippen LogP contribution in [0.25, 0.3) is 121 Å². The average Bonchev–Trinajstić information content (AvgIpc) is 4.02. The van der Waals surface area contributed by atoms with Crippen molar-refractivity contribution in [2.24, 2.45) is 0 Å². The summed E-state index contributed by atoms with van der Waals surface area (Å²) in [6, 6.07) is 56.2. The second-order valence-corrected chi connectivity index (χ2v) is 16.3. The summed E-state index contributed by atoms with van der Waals surface area (Å²) in [7, 11) is 0. The van der Waals surface area contributed by atoms with E-state index in [4.69, 9.17) is 29.3 Å². The van der Waals surface area contributed by atoms with Crippen LogP contribution in [0.15, 0.2) is 199 Å². The fourth-order valence-electron chi connectivity index (χ4n) is 8.60. The summed E-state index contributed by atoms with van der Waals surface area (Å²) in [5.74, 6) is 2.34. The van der Waals surface area contributed by atoms with E-state index in [-0.39, 0.29) is 0 Å². The SMILES string of the molecule is C=C/C=C\C=C\c1nc(-c2cccc3oc4ccc(-c5nc(-c6ccccc6)nc(-c6ccc7c8ccccc8n(-c8ccccc8)c7c6)n5)cc4c23)nc2c1sc1ccccc12. The van der Waals surface area contributed by atoms with E-state index < -0.39 is 0 Å². The summed E-state index contributed by atoms with van der Waals surface area (Å²) in [5.41, 5.74) is 10.1. The summed E-state index contributed by atoms with van der Waals surface area (Å²) in [6.45, 7) is 3.81. The highest BCUT2D eigenvalue weighted by atomic mass is 32.1. The number of rotatable bonds is 8. The van der Waals surface area contributed by atoms with E-state index in [0.29, 0.717) is 23.3 Å². The first-order chi connectivity index (χ1) is 31.2. The molecule has 0 unspecified atom stereocenters. The van der Waals surface area contributed by atoms with Gasteiger partial charge in [-0.3, -0.25) is 0 Å². The van der Waals surface area contributed by atoms with E-state index in [9.17, 15) is 0 Å². The van der Waals surface area contributed by atoms with Crippen LogP contribution >= 0.6 is 11.3 Å². The van der Waals surface area contributed by atoms with Crippen LogP contribution in [0.4, 0.5) is 0 Å². The van der Waals surface area contributed by atoms with Crippen LogP contribution in [0.3, 0.4) is 0 Å². The van der Waals surface area contributed by atoms with E-state index in [1.807, 2.05) is 85.0 Å². The number of fused-ring (bicyclic) bond motifs is 9. The minimum Gasteiger partial charge on any atom is -0.456 e. The summed E-state index contributed by atoms with van der Waals surface area (Å²) in [5, 5.41) is 5.29. The second kappa shape index (κ2) is 15.0. The first kappa shape index (κ1) is 36.5. The maximum Gasteiger partial charge on any atom is 0.164 e. The van der Waals surface area contributed by atoms with E-state index in [1.165, 1.54) is 5.39 Å². The van der Waals surface area contributed by atoms with Gasteiger partial charge in [-0.15, -0.1) is 11.3 Å². The fraction of sp³-hybridized carbons (Fsp3) is 0. The molecule has 0 radical (unpaired) electrons. The third-order valence-corrected chi connectivity index (χ3v) is 12.6. The second-order valence-electron chi connectivity index (χ2n) is 15.3. The third kappa shape index (κ3) is 6.23. The van der Waals surface area contributed by atoms with Crippen molar-refractivity contribution >= 4 is 81.5 Å². The Morgan fingerprint density at radius 3 is 2.02 bits per heavy atom. The Morgan fingerprint density at radius 2 is 1.19 bits per heavy atom. The monoisotopic (exact) mass is 826 g/mol. The van der Waals surface area contributed by atoms with Crippen LogP contribution in [0.5, 0.6) is 0 Å². The first-order valence-electron chi connectivity index (χ1n) is 20.7. The van der Waals surface area contributed by atoms with Crippen LogP contribution in [-0.4, -0.2) is 29.5 Å². The van der Waals surface area contributed by atoms with Crippen molar-refractivity contribution in [3.05, 3.63) is 200 Å². The minimum atomic E-state index is 0.554. The Hall–Kier alpha value is -8.33. The van der Waals surface area contributed by atoms with Crippen molar-refractivity contribution in [3.63, 3.8) is 0 Å². The van der Waals surface area contributed by atoms with Gasteiger partial charge in [0.05, 0.1) is 26.9 Å². The van der Waals surface area contributed by atoms with Gasteiger partial charge in [0.1, 0.15) is 11.2 Å². The molecule has 63 heavy (non-hydrogen) atoms. The summed E-state index contributed by atoms with van der Waals surface area (Å²) in [6.07, 6.45) is 9.65. The summed E-state index contributed by atoms with van der Waals surface area (Å²) < 4.78 is 11.0. The zero-order chi connectivity index (χ0) is 41.9. The van der Waals surface area contributed by atoms with Crippen LogP contribution < -0.4 is 0 Å². The Morgan fingerprint density at radius 1 is 0.492 bits per heavy atom. The molecule has 0 atom stereocenters. The lowest BCUT2D eigenvalue weighted by atomic mass is 10.0. The highest BCUT2D eigenvalue weighted by Crippen LogP contribution is 2.41. The fourth-order valence-corrected chi connectivity index (χ4v) is 9.71. The molecule has 0 fully saturated rings. The molecular formula is C55H34N6OS. The van der Waals surface area contributed by atoms with Gasteiger partial charge in [0.15, 0.2) is 23.3 Å². The van der Waals surface area contributed by atoms with Crippen molar-refractivity contribution in [3.8, 4) is 51.2 Å². The summed E-state index contributed by atoms with van der Waals surface area (Å²) >= 11 is 1.70. The molecule has 0 aliphatic rings. The van der Waals surface area contributed by atoms with Crippen molar-refractivity contribution < 1.29 is 4.42 Å². The first-order valence-corrected chi connectivity index (χ1v) is 21.5. The van der Waals surface area contributed by atoms with Crippen LogP contribution in [0, 0.1) is 0 Å². The van der Waals surface area contributed by atoms with Crippen LogP contribution in [0.2, 0.25) is 0 Å². The highest BCUT2D eigenvalue weighted by Gasteiger charge is 2.21. The molecule has 8 heteroatoms. The number of allylic oxidation sites excluding steroid dienone is 4. The molecule has 0 aliphatic heterocycles. The van der Waals surface area contributed by atoms with Gasteiger partial charge in [-0.1, -0.05) is 140 Å². The van der Waals surface area contributed by atoms with Gasteiger partial charge in [-0.2, -0.15) is 0 Å². The molecule has 0 aliphatic carbocycles. The van der Waals surface area contributed by atoms with E-state index in [2.05, 4.69) is 114 Å². The van der Waals surface area contributed by atoms with Crippen LogP contribution in [-0.2, 0) is 0 Å². The van der Waals surface area contributed by atoms with Gasteiger partial charge in [0.2, 0.25) is 0 Å². The predicted octanol–water partition coefficient (Wildman–Crippen LogP) is 14.4. The number of thiophene rings is 1. The molecule has 7 nitrogen and oxygen atoms in total. The number of aromatic nitrogens is 6. The smallest absolute Gasteiger partial charge is 0.164 e. The van der Waals surface area contributed by atoms with Gasteiger partial charge >= 0.3 is 0 Å². The number of furan rings is 1. The van der Waals surface area contributed by atoms with Gasteiger partial charge in [0, 0.05) is 59.6 Å². The maximum absolute atomic E-state index is 6.53. The molecule has 12 aromatic rings. The molecule has 12 rings (SSSR count). The molecule has 0 amide bonds. The molecule has 5 aromatic heterocycles. The molecule has 0 saturated carbocycles. The van der Waals surface area contributed by atoms with Crippen LogP contribution in [0.1, 0.15) is 5.69 Å². The zero-order valence-corrected chi connectivity index (χ0v) is 34.5. The highest BCUT2D eigenvalue weighted by molar-refractivity contribution is 7.26. The molecule has 0 N–H and O–H groups in total. The van der Waals surface area contributed by atoms with Crippen molar-refractivity contribution in [2.75, 3.05) is 0 Å². The Labute approximate surface area is 365 Å². The number of hydrogen-bond acceptors (Lipinski definition) is 7. The summed E-state index contributed by atoms with van der Waals surface area (Å²) in [4.78, 5) is 25.9. The largest absolute Gasteiger partial charge is 0.456 e. The van der Waals surface area contributed by atoms with Crippen molar-refractivity contribution in [2.45, 2.75) is 0 Å². The lowest BCUT2D eigenvalue weighted by Gasteiger charge is -2.10. The number of benzene rings is 7. The topological polar surface area (TPSA) is 82.5 Å². The Bertz CT molecular complexity index is 3820. The zero-order valence-electron chi connectivity index (χ0n) is 33.7. The Kier molecular flexibility index (Phi) is 8.69. The molecule has 5 heterocycles. The predicted molar refractivity (Wildman–Crippen MR) is 260 cm³/mol. The normalized spacial score (nSPS) is 12.1. The Balaban J connectivity index is 1.05.